The van der Waals surface area contributed by atoms with E-state index < -0.39 is 0 Å². The third kappa shape index (κ3) is 3.65. The SMILES string of the molecule is Cc1ccc(-c2csc(NC(=O)c3cncc(Br)c3)n2)cc1C. The number of aromatic nitrogens is 2. The summed E-state index contributed by atoms with van der Waals surface area (Å²) >= 11 is 4.71. The van der Waals surface area contributed by atoms with Crippen molar-refractivity contribution in [1.82, 2.24) is 9.97 Å². The summed E-state index contributed by atoms with van der Waals surface area (Å²) in [5, 5.41) is 5.32. The molecular formula is C17H14BrN3OS. The van der Waals surface area contributed by atoms with Crippen LogP contribution in [0.4, 0.5) is 5.13 Å². The van der Waals surface area contributed by atoms with Crippen LogP contribution < -0.4 is 5.32 Å². The molecule has 2 heterocycles. The lowest BCUT2D eigenvalue weighted by Crippen LogP contribution is -2.11. The highest BCUT2D eigenvalue weighted by atomic mass is 79.9. The van der Waals surface area contributed by atoms with E-state index in [9.17, 15) is 4.79 Å². The summed E-state index contributed by atoms with van der Waals surface area (Å²) in [6, 6.07) is 7.95. The fraction of sp³-hybridized carbons (Fsp3) is 0.118. The molecule has 2 aromatic heterocycles. The Bertz CT molecular complexity index is 876. The Kier molecular flexibility index (Phi) is 4.54. The Hall–Kier alpha value is -2.05. The zero-order chi connectivity index (χ0) is 16.4. The maximum absolute atomic E-state index is 12.2. The highest BCUT2D eigenvalue weighted by Gasteiger charge is 2.11. The van der Waals surface area contributed by atoms with Gasteiger partial charge in [-0.25, -0.2) is 4.98 Å². The molecule has 0 aliphatic rings. The van der Waals surface area contributed by atoms with Crippen LogP contribution in [0.25, 0.3) is 11.3 Å². The number of hydrogen-bond donors (Lipinski definition) is 1. The maximum atomic E-state index is 12.2. The van der Waals surface area contributed by atoms with Crippen LogP contribution in [0, 0.1) is 13.8 Å². The molecule has 0 unspecified atom stereocenters. The molecule has 1 aromatic carbocycles. The summed E-state index contributed by atoms with van der Waals surface area (Å²) in [7, 11) is 0. The van der Waals surface area contributed by atoms with Crippen LogP contribution in [0.5, 0.6) is 0 Å². The summed E-state index contributed by atoms with van der Waals surface area (Å²) in [5.41, 5.74) is 4.87. The van der Waals surface area contributed by atoms with Gasteiger partial charge in [0.1, 0.15) is 0 Å². The number of thiazole rings is 1. The molecule has 0 spiro atoms. The monoisotopic (exact) mass is 387 g/mol. The number of carbonyl (C=O) groups excluding carboxylic acids is 1. The first kappa shape index (κ1) is 15.8. The third-order valence-corrected chi connectivity index (χ3v) is 4.69. The molecule has 0 radical (unpaired) electrons. The first-order valence-corrected chi connectivity index (χ1v) is 8.65. The summed E-state index contributed by atoms with van der Waals surface area (Å²) in [5.74, 6) is -0.222. The molecule has 4 nitrogen and oxygen atoms in total. The molecule has 0 saturated heterocycles. The Labute approximate surface area is 146 Å². The standard InChI is InChI=1S/C17H14BrN3OS/c1-10-3-4-12(5-11(10)2)15-9-23-17(20-15)21-16(22)13-6-14(18)8-19-7-13/h3-9H,1-2H3,(H,20,21,22). The van der Waals surface area contributed by atoms with E-state index in [4.69, 9.17) is 0 Å². The van der Waals surface area contributed by atoms with Crippen LogP contribution in [0.2, 0.25) is 0 Å². The summed E-state index contributed by atoms with van der Waals surface area (Å²) in [4.78, 5) is 20.7. The Morgan fingerprint density at radius 3 is 2.74 bits per heavy atom. The number of nitrogens with zero attached hydrogens (tertiary/aromatic N) is 2. The topological polar surface area (TPSA) is 54.9 Å². The zero-order valence-corrected chi connectivity index (χ0v) is 15.0. The number of carbonyl (C=O) groups is 1. The van der Waals surface area contributed by atoms with Gasteiger partial charge >= 0.3 is 0 Å². The van der Waals surface area contributed by atoms with Crippen molar-refractivity contribution in [3.05, 3.63) is 63.2 Å². The van der Waals surface area contributed by atoms with Crippen molar-refractivity contribution in [3.63, 3.8) is 0 Å². The second-order valence-corrected chi connectivity index (χ2v) is 6.96. The van der Waals surface area contributed by atoms with Gasteiger partial charge in [0.05, 0.1) is 11.3 Å². The van der Waals surface area contributed by atoms with Crippen molar-refractivity contribution in [2.24, 2.45) is 0 Å². The summed E-state index contributed by atoms with van der Waals surface area (Å²) in [6.07, 6.45) is 3.16. The van der Waals surface area contributed by atoms with Gasteiger partial charge in [-0.15, -0.1) is 11.3 Å². The average Bonchev–Trinajstić information content (AvgIpc) is 2.98. The van der Waals surface area contributed by atoms with Crippen LogP contribution in [0.1, 0.15) is 21.5 Å². The summed E-state index contributed by atoms with van der Waals surface area (Å²) < 4.78 is 0.764. The number of amides is 1. The molecule has 1 N–H and O–H groups in total. The van der Waals surface area contributed by atoms with Gasteiger partial charge < -0.3 is 0 Å². The molecule has 0 atom stereocenters. The minimum Gasteiger partial charge on any atom is -0.298 e. The fourth-order valence-electron chi connectivity index (χ4n) is 2.07. The predicted molar refractivity (Wildman–Crippen MR) is 96.9 cm³/mol. The van der Waals surface area contributed by atoms with E-state index in [0.717, 1.165) is 15.7 Å². The number of aryl methyl sites for hydroxylation is 2. The van der Waals surface area contributed by atoms with Crippen LogP contribution >= 0.6 is 27.3 Å². The number of anilines is 1. The number of nitrogens with one attached hydrogen (secondary N) is 1. The highest BCUT2D eigenvalue weighted by Crippen LogP contribution is 2.26. The van der Waals surface area contributed by atoms with Gasteiger partial charge in [0, 0.05) is 27.8 Å². The number of hydrogen-bond acceptors (Lipinski definition) is 4. The number of benzene rings is 1. The Morgan fingerprint density at radius 1 is 1.17 bits per heavy atom. The number of rotatable bonds is 3. The van der Waals surface area contributed by atoms with Gasteiger partial charge in [0.2, 0.25) is 0 Å². The van der Waals surface area contributed by atoms with Crippen LogP contribution in [0.15, 0.2) is 46.5 Å². The highest BCUT2D eigenvalue weighted by molar-refractivity contribution is 9.10. The van der Waals surface area contributed by atoms with Crippen molar-refractivity contribution in [1.29, 1.82) is 0 Å². The summed E-state index contributed by atoms with van der Waals surface area (Å²) in [6.45, 7) is 4.16. The van der Waals surface area contributed by atoms with Crippen LogP contribution in [0.3, 0.4) is 0 Å². The van der Waals surface area contributed by atoms with Crippen molar-refractivity contribution in [2.75, 3.05) is 5.32 Å². The molecule has 1 amide bonds. The quantitative estimate of drug-likeness (QED) is 0.699. The molecule has 116 valence electrons. The molecular weight excluding hydrogens is 374 g/mol. The van der Waals surface area contributed by atoms with Gasteiger partial charge in [-0.1, -0.05) is 12.1 Å². The normalized spacial score (nSPS) is 10.6. The van der Waals surface area contributed by atoms with E-state index in [0.29, 0.717) is 10.7 Å². The third-order valence-electron chi connectivity index (χ3n) is 3.49. The maximum Gasteiger partial charge on any atom is 0.259 e. The van der Waals surface area contributed by atoms with Gasteiger partial charge in [-0.3, -0.25) is 15.1 Å². The van der Waals surface area contributed by atoms with E-state index in [1.54, 1.807) is 12.3 Å². The van der Waals surface area contributed by atoms with E-state index in [2.05, 4.69) is 57.2 Å². The van der Waals surface area contributed by atoms with Crippen molar-refractivity contribution in [3.8, 4) is 11.3 Å². The van der Waals surface area contributed by atoms with E-state index >= 15 is 0 Å². The Morgan fingerprint density at radius 2 is 2.00 bits per heavy atom. The van der Waals surface area contributed by atoms with Crippen LogP contribution in [-0.2, 0) is 0 Å². The lowest BCUT2D eigenvalue weighted by Gasteiger charge is -2.03. The van der Waals surface area contributed by atoms with Gasteiger partial charge in [-0.2, -0.15) is 0 Å². The Balaban J connectivity index is 1.79. The van der Waals surface area contributed by atoms with Crippen molar-refractivity contribution < 1.29 is 4.79 Å². The van der Waals surface area contributed by atoms with E-state index in [-0.39, 0.29) is 5.91 Å². The average molecular weight is 388 g/mol. The van der Waals surface area contributed by atoms with Gasteiger partial charge in [-0.05, 0) is 53.0 Å². The molecule has 23 heavy (non-hydrogen) atoms. The first-order valence-electron chi connectivity index (χ1n) is 6.98. The number of halogens is 1. The molecule has 3 aromatic rings. The van der Waals surface area contributed by atoms with Crippen LogP contribution in [-0.4, -0.2) is 15.9 Å². The largest absolute Gasteiger partial charge is 0.298 e. The minimum absolute atomic E-state index is 0.222. The lowest BCUT2D eigenvalue weighted by atomic mass is 10.1. The lowest BCUT2D eigenvalue weighted by molar-refractivity contribution is 0.102. The minimum atomic E-state index is -0.222. The smallest absolute Gasteiger partial charge is 0.259 e. The molecule has 6 heteroatoms. The second-order valence-electron chi connectivity index (χ2n) is 5.18. The second kappa shape index (κ2) is 6.60. The van der Waals surface area contributed by atoms with E-state index in [1.165, 1.54) is 28.7 Å². The van der Waals surface area contributed by atoms with Crippen molar-refractivity contribution >= 4 is 38.3 Å². The zero-order valence-electron chi connectivity index (χ0n) is 12.6. The predicted octanol–water partition coefficient (Wildman–Crippen LogP) is 4.84. The van der Waals surface area contributed by atoms with E-state index in [1.807, 2.05) is 11.4 Å². The molecule has 0 aliphatic heterocycles. The van der Waals surface area contributed by atoms with Crippen molar-refractivity contribution in [2.45, 2.75) is 13.8 Å². The molecule has 0 bridgehead atoms. The fourth-order valence-corrected chi connectivity index (χ4v) is 3.15. The number of pyridine rings is 1. The molecule has 0 fully saturated rings. The van der Waals surface area contributed by atoms with Gasteiger partial charge in [0.25, 0.3) is 5.91 Å². The molecule has 0 aliphatic carbocycles. The molecule has 0 saturated carbocycles. The first-order chi connectivity index (χ1) is 11.0. The molecule has 3 rings (SSSR count). The van der Waals surface area contributed by atoms with Gasteiger partial charge in [0.15, 0.2) is 5.13 Å².